The van der Waals surface area contributed by atoms with Crippen LogP contribution in [-0.4, -0.2) is 27.9 Å². The number of hydrogen-bond acceptors (Lipinski definition) is 3. The monoisotopic (exact) mass is 316 g/mol. The van der Waals surface area contributed by atoms with Crippen molar-refractivity contribution in [2.45, 2.75) is 13.0 Å². The summed E-state index contributed by atoms with van der Waals surface area (Å²) in [5, 5.41) is 9.63. The van der Waals surface area contributed by atoms with Gasteiger partial charge in [-0.2, -0.15) is 0 Å². The molecule has 0 amide bonds. The van der Waals surface area contributed by atoms with Crippen LogP contribution in [0.1, 0.15) is 5.56 Å². The number of halogens is 1. The first kappa shape index (κ1) is 14.9. The standard InChI is InChI=1S/C17H17ClN2O2/c18-14-6-4-13(5-7-14)8-9-20-12-19-17-15(20)2-1-3-16(17)22-11-10-21/h1-7,12,21H,8-11H2. The van der Waals surface area contributed by atoms with Crippen LogP contribution in [0.3, 0.4) is 0 Å². The molecule has 0 unspecified atom stereocenters. The van der Waals surface area contributed by atoms with E-state index in [1.807, 2.05) is 48.8 Å². The van der Waals surface area contributed by atoms with Crippen molar-refractivity contribution in [1.29, 1.82) is 0 Å². The van der Waals surface area contributed by atoms with Crippen LogP contribution in [0.2, 0.25) is 5.02 Å². The van der Waals surface area contributed by atoms with Crippen LogP contribution in [0.15, 0.2) is 48.8 Å². The Balaban J connectivity index is 1.78. The average molecular weight is 317 g/mol. The van der Waals surface area contributed by atoms with Gasteiger partial charge in [0.2, 0.25) is 0 Å². The molecule has 0 fully saturated rings. The smallest absolute Gasteiger partial charge is 0.147 e. The first-order valence-electron chi connectivity index (χ1n) is 7.20. The van der Waals surface area contributed by atoms with Gasteiger partial charge in [0.25, 0.3) is 0 Å². The van der Waals surface area contributed by atoms with Gasteiger partial charge in [0.1, 0.15) is 17.9 Å². The van der Waals surface area contributed by atoms with Crippen LogP contribution >= 0.6 is 11.6 Å². The number of imidazole rings is 1. The Morgan fingerprint density at radius 1 is 1.14 bits per heavy atom. The second-order valence-electron chi connectivity index (χ2n) is 5.01. The summed E-state index contributed by atoms with van der Waals surface area (Å²) < 4.78 is 7.62. The van der Waals surface area contributed by atoms with Crippen LogP contribution in [-0.2, 0) is 13.0 Å². The Hall–Kier alpha value is -2.04. The molecule has 0 spiro atoms. The number of aliphatic hydroxyl groups is 1. The van der Waals surface area contributed by atoms with Crippen LogP contribution in [0.25, 0.3) is 11.0 Å². The Morgan fingerprint density at radius 2 is 1.95 bits per heavy atom. The number of aromatic nitrogens is 2. The first-order chi connectivity index (χ1) is 10.8. The molecule has 0 saturated carbocycles. The molecule has 0 bridgehead atoms. The number of rotatable bonds is 6. The molecule has 0 radical (unpaired) electrons. The van der Waals surface area contributed by atoms with E-state index in [4.69, 9.17) is 21.4 Å². The summed E-state index contributed by atoms with van der Waals surface area (Å²) >= 11 is 5.90. The molecule has 1 heterocycles. The lowest BCUT2D eigenvalue weighted by Crippen LogP contribution is -2.02. The van der Waals surface area contributed by atoms with E-state index in [1.165, 1.54) is 5.56 Å². The normalized spacial score (nSPS) is 11.0. The van der Waals surface area contributed by atoms with Crippen molar-refractivity contribution in [2.75, 3.05) is 13.2 Å². The minimum Gasteiger partial charge on any atom is -0.489 e. The van der Waals surface area contributed by atoms with E-state index < -0.39 is 0 Å². The number of para-hydroxylation sites is 1. The van der Waals surface area contributed by atoms with E-state index in [-0.39, 0.29) is 13.2 Å². The van der Waals surface area contributed by atoms with E-state index in [2.05, 4.69) is 9.55 Å². The van der Waals surface area contributed by atoms with E-state index in [9.17, 15) is 0 Å². The zero-order valence-corrected chi connectivity index (χ0v) is 12.8. The fourth-order valence-corrected chi connectivity index (χ4v) is 2.54. The number of ether oxygens (including phenoxy) is 1. The summed E-state index contributed by atoms with van der Waals surface area (Å²) in [5.41, 5.74) is 3.09. The molecule has 5 heteroatoms. The average Bonchev–Trinajstić information content (AvgIpc) is 2.96. The van der Waals surface area contributed by atoms with Gasteiger partial charge in [0.15, 0.2) is 0 Å². The van der Waals surface area contributed by atoms with Crippen LogP contribution < -0.4 is 4.74 Å². The Kier molecular flexibility index (Phi) is 4.61. The zero-order valence-electron chi connectivity index (χ0n) is 12.1. The summed E-state index contributed by atoms with van der Waals surface area (Å²) in [6.07, 6.45) is 2.73. The summed E-state index contributed by atoms with van der Waals surface area (Å²) in [5.74, 6) is 0.705. The molecule has 3 rings (SSSR count). The maximum absolute atomic E-state index is 8.87. The van der Waals surface area contributed by atoms with Crippen molar-refractivity contribution in [3.63, 3.8) is 0 Å². The molecule has 1 N–H and O–H groups in total. The molecule has 2 aromatic carbocycles. The third kappa shape index (κ3) is 3.24. The first-order valence-corrected chi connectivity index (χ1v) is 7.57. The molecule has 0 aliphatic heterocycles. The van der Waals surface area contributed by atoms with Crippen molar-refractivity contribution < 1.29 is 9.84 Å². The van der Waals surface area contributed by atoms with Gasteiger partial charge in [-0.1, -0.05) is 29.8 Å². The van der Waals surface area contributed by atoms with E-state index in [1.54, 1.807) is 0 Å². The van der Waals surface area contributed by atoms with Gasteiger partial charge in [0.05, 0.1) is 18.5 Å². The largest absolute Gasteiger partial charge is 0.489 e. The lowest BCUT2D eigenvalue weighted by atomic mass is 10.1. The number of aryl methyl sites for hydroxylation is 2. The minimum atomic E-state index is -0.00629. The maximum Gasteiger partial charge on any atom is 0.147 e. The van der Waals surface area contributed by atoms with Gasteiger partial charge in [0, 0.05) is 11.6 Å². The van der Waals surface area contributed by atoms with Gasteiger partial charge >= 0.3 is 0 Å². The second kappa shape index (κ2) is 6.81. The molecule has 0 aliphatic carbocycles. The third-order valence-electron chi connectivity index (χ3n) is 3.52. The Bertz CT molecular complexity index is 753. The highest BCUT2D eigenvalue weighted by Crippen LogP contribution is 2.24. The van der Waals surface area contributed by atoms with Crippen molar-refractivity contribution in [2.24, 2.45) is 0 Å². The van der Waals surface area contributed by atoms with Gasteiger partial charge < -0.3 is 14.4 Å². The van der Waals surface area contributed by atoms with Crippen LogP contribution in [0.4, 0.5) is 0 Å². The van der Waals surface area contributed by atoms with Gasteiger partial charge in [-0.3, -0.25) is 0 Å². The van der Waals surface area contributed by atoms with Crippen LogP contribution in [0, 0.1) is 0 Å². The number of fused-ring (bicyclic) bond motifs is 1. The molecule has 1 aromatic heterocycles. The van der Waals surface area contributed by atoms with Gasteiger partial charge in [-0.05, 0) is 36.2 Å². The number of hydrogen-bond donors (Lipinski definition) is 1. The molecule has 0 saturated heterocycles. The van der Waals surface area contributed by atoms with Crippen molar-refractivity contribution in [3.8, 4) is 5.75 Å². The SMILES string of the molecule is OCCOc1cccc2c1ncn2CCc1ccc(Cl)cc1. The van der Waals surface area contributed by atoms with E-state index >= 15 is 0 Å². The quantitative estimate of drug-likeness (QED) is 0.759. The second-order valence-corrected chi connectivity index (χ2v) is 5.45. The predicted octanol–water partition coefficient (Wildman–Crippen LogP) is 3.30. The summed E-state index contributed by atoms with van der Waals surface area (Å²) in [6, 6.07) is 13.7. The lowest BCUT2D eigenvalue weighted by Gasteiger charge is -2.07. The highest BCUT2D eigenvalue weighted by molar-refractivity contribution is 6.30. The molecule has 0 aliphatic rings. The highest BCUT2D eigenvalue weighted by atomic mass is 35.5. The maximum atomic E-state index is 8.87. The highest BCUT2D eigenvalue weighted by Gasteiger charge is 2.08. The number of nitrogens with zero attached hydrogens (tertiary/aromatic N) is 2. The molecule has 4 nitrogen and oxygen atoms in total. The molecular formula is C17H17ClN2O2. The van der Waals surface area contributed by atoms with E-state index in [0.29, 0.717) is 5.75 Å². The third-order valence-corrected chi connectivity index (χ3v) is 3.77. The zero-order chi connectivity index (χ0) is 15.4. The minimum absolute atomic E-state index is 0.00629. The van der Waals surface area contributed by atoms with Gasteiger partial charge in [-0.15, -0.1) is 0 Å². The molecule has 0 atom stereocenters. The topological polar surface area (TPSA) is 47.3 Å². The van der Waals surface area contributed by atoms with Crippen molar-refractivity contribution >= 4 is 22.6 Å². The number of benzene rings is 2. The molecule has 22 heavy (non-hydrogen) atoms. The fourth-order valence-electron chi connectivity index (χ4n) is 2.41. The van der Waals surface area contributed by atoms with Crippen molar-refractivity contribution in [1.82, 2.24) is 9.55 Å². The van der Waals surface area contributed by atoms with Gasteiger partial charge in [-0.25, -0.2) is 4.98 Å². The fraction of sp³-hybridized carbons (Fsp3) is 0.235. The predicted molar refractivity (Wildman–Crippen MR) is 87.5 cm³/mol. The summed E-state index contributed by atoms with van der Waals surface area (Å²) in [4.78, 5) is 4.43. The molecular weight excluding hydrogens is 300 g/mol. The summed E-state index contributed by atoms with van der Waals surface area (Å²) in [6.45, 7) is 1.10. The Labute approximate surface area is 133 Å². The molecule has 3 aromatic rings. The van der Waals surface area contributed by atoms with Crippen LogP contribution in [0.5, 0.6) is 5.75 Å². The van der Waals surface area contributed by atoms with E-state index in [0.717, 1.165) is 29.0 Å². The molecule has 114 valence electrons. The Morgan fingerprint density at radius 3 is 2.73 bits per heavy atom. The van der Waals surface area contributed by atoms with Crippen molar-refractivity contribution in [3.05, 3.63) is 59.4 Å². The lowest BCUT2D eigenvalue weighted by molar-refractivity contribution is 0.202. The number of aliphatic hydroxyl groups excluding tert-OH is 1. The summed E-state index contributed by atoms with van der Waals surface area (Å²) in [7, 11) is 0.